The molecule has 3 aromatic rings. The van der Waals surface area contributed by atoms with E-state index in [1.54, 1.807) is 24.3 Å². The van der Waals surface area contributed by atoms with Crippen molar-refractivity contribution in [1.29, 1.82) is 0 Å². The molecule has 0 radical (unpaired) electrons. The third kappa shape index (κ3) is 2.82. The van der Waals surface area contributed by atoms with Gasteiger partial charge in [0.05, 0.1) is 20.5 Å². The van der Waals surface area contributed by atoms with Crippen LogP contribution in [0.3, 0.4) is 0 Å². The first kappa shape index (κ1) is 16.6. The van der Waals surface area contributed by atoms with Crippen molar-refractivity contribution in [3.05, 3.63) is 58.6 Å². The van der Waals surface area contributed by atoms with Gasteiger partial charge in [-0.1, -0.05) is 41.4 Å². The topological polar surface area (TPSA) is 85.6 Å². The smallest absolute Gasteiger partial charge is 0.449 e. The SMILES string of the molecule is O=C(O)Oc1cc2ccccc2n1S(=O)(=O)c1ccc(Cl)c(Cl)c1. The zero-order chi connectivity index (χ0) is 17.5. The number of fused-ring (bicyclic) bond motifs is 1. The Morgan fingerprint density at radius 3 is 2.42 bits per heavy atom. The Labute approximate surface area is 146 Å². The van der Waals surface area contributed by atoms with E-state index >= 15 is 0 Å². The van der Waals surface area contributed by atoms with Crippen molar-refractivity contribution in [3.8, 4) is 5.88 Å². The second kappa shape index (κ2) is 6.01. The monoisotopic (exact) mass is 385 g/mol. The van der Waals surface area contributed by atoms with Crippen LogP contribution in [0.1, 0.15) is 0 Å². The maximum Gasteiger partial charge on any atom is 0.512 e. The molecule has 1 N–H and O–H groups in total. The van der Waals surface area contributed by atoms with E-state index in [0.29, 0.717) is 5.39 Å². The van der Waals surface area contributed by atoms with Crippen LogP contribution in [0.2, 0.25) is 10.0 Å². The van der Waals surface area contributed by atoms with Crippen molar-refractivity contribution in [3.63, 3.8) is 0 Å². The van der Waals surface area contributed by atoms with Crippen LogP contribution in [0.25, 0.3) is 10.9 Å². The van der Waals surface area contributed by atoms with E-state index in [1.165, 1.54) is 24.3 Å². The van der Waals surface area contributed by atoms with Gasteiger partial charge in [-0.3, -0.25) is 0 Å². The average Bonchev–Trinajstić information content (AvgIpc) is 2.87. The van der Waals surface area contributed by atoms with Crippen LogP contribution in [0, 0.1) is 0 Å². The quantitative estimate of drug-likeness (QED) is 0.681. The van der Waals surface area contributed by atoms with Gasteiger partial charge in [0.2, 0.25) is 5.88 Å². The van der Waals surface area contributed by atoms with Gasteiger partial charge in [-0.25, -0.2) is 17.2 Å². The summed E-state index contributed by atoms with van der Waals surface area (Å²) >= 11 is 11.7. The largest absolute Gasteiger partial charge is 0.512 e. The number of halogens is 2. The molecule has 0 bridgehead atoms. The Morgan fingerprint density at radius 2 is 1.75 bits per heavy atom. The van der Waals surface area contributed by atoms with E-state index in [0.717, 1.165) is 3.97 Å². The lowest BCUT2D eigenvalue weighted by Crippen LogP contribution is -2.16. The number of aromatic nitrogens is 1. The van der Waals surface area contributed by atoms with E-state index in [9.17, 15) is 13.2 Å². The lowest BCUT2D eigenvalue weighted by molar-refractivity contribution is 0.142. The van der Waals surface area contributed by atoms with Crippen molar-refractivity contribution < 1.29 is 23.1 Å². The molecule has 24 heavy (non-hydrogen) atoms. The Morgan fingerprint density at radius 1 is 1.04 bits per heavy atom. The molecule has 1 heterocycles. The van der Waals surface area contributed by atoms with Crippen LogP contribution >= 0.6 is 23.2 Å². The zero-order valence-electron chi connectivity index (χ0n) is 11.8. The molecule has 1 aromatic heterocycles. The van der Waals surface area contributed by atoms with E-state index in [4.69, 9.17) is 28.3 Å². The Kier molecular flexibility index (Phi) is 4.16. The fraction of sp³-hybridized carbons (Fsp3) is 0. The van der Waals surface area contributed by atoms with Crippen LogP contribution < -0.4 is 4.74 Å². The van der Waals surface area contributed by atoms with Crippen LogP contribution in [-0.4, -0.2) is 23.7 Å². The van der Waals surface area contributed by atoms with Gasteiger partial charge in [-0.15, -0.1) is 0 Å². The highest BCUT2D eigenvalue weighted by molar-refractivity contribution is 7.90. The number of carbonyl (C=O) groups is 1. The fourth-order valence-corrected chi connectivity index (χ4v) is 4.09. The second-order valence-corrected chi connectivity index (χ2v) is 7.36. The molecular weight excluding hydrogens is 377 g/mol. The lowest BCUT2D eigenvalue weighted by atomic mass is 10.3. The molecule has 0 aliphatic carbocycles. The van der Waals surface area contributed by atoms with Crippen molar-refractivity contribution in [2.75, 3.05) is 0 Å². The van der Waals surface area contributed by atoms with Crippen molar-refractivity contribution in [2.45, 2.75) is 4.90 Å². The van der Waals surface area contributed by atoms with Gasteiger partial charge in [-0.05, 0) is 24.3 Å². The minimum absolute atomic E-state index is 0.0647. The molecule has 0 aliphatic rings. The van der Waals surface area contributed by atoms with Crippen molar-refractivity contribution in [2.24, 2.45) is 0 Å². The second-order valence-electron chi connectivity index (χ2n) is 4.75. The summed E-state index contributed by atoms with van der Waals surface area (Å²) in [6, 6.07) is 11.7. The number of rotatable bonds is 3. The predicted molar refractivity (Wildman–Crippen MR) is 89.6 cm³/mol. The highest BCUT2D eigenvalue weighted by Crippen LogP contribution is 2.32. The summed E-state index contributed by atoms with van der Waals surface area (Å²) in [5, 5.41) is 9.64. The summed E-state index contributed by atoms with van der Waals surface area (Å²) in [6.07, 6.45) is -1.62. The molecule has 6 nitrogen and oxygen atoms in total. The first-order valence-electron chi connectivity index (χ1n) is 6.52. The van der Waals surface area contributed by atoms with Crippen LogP contribution in [0.4, 0.5) is 4.79 Å². The molecule has 0 amide bonds. The third-order valence-corrected chi connectivity index (χ3v) is 5.70. The number of nitrogens with zero attached hydrogens (tertiary/aromatic N) is 1. The summed E-state index contributed by atoms with van der Waals surface area (Å²) in [5.41, 5.74) is 0.278. The summed E-state index contributed by atoms with van der Waals surface area (Å²) in [5.74, 6) is -0.338. The number of para-hydroxylation sites is 1. The molecule has 0 atom stereocenters. The van der Waals surface area contributed by atoms with E-state index < -0.39 is 16.2 Å². The summed E-state index contributed by atoms with van der Waals surface area (Å²) in [6.45, 7) is 0. The molecule has 124 valence electrons. The molecule has 0 spiro atoms. The van der Waals surface area contributed by atoms with Crippen molar-refractivity contribution in [1.82, 2.24) is 3.97 Å². The van der Waals surface area contributed by atoms with Crippen LogP contribution in [-0.2, 0) is 10.0 Å². The predicted octanol–water partition coefficient (Wildman–Crippen LogP) is 4.24. The number of hydrogen-bond acceptors (Lipinski definition) is 4. The third-order valence-electron chi connectivity index (χ3n) is 3.26. The zero-order valence-corrected chi connectivity index (χ0v) is 14.1. The summed E-state index contributed by atoms with van der Waals surface area (Å²) in [7, 11) is -4.15. The fourth-order valence-electron chi connectivity index (χ4n) is 2.26. The van der Waals surface area contributed by atoms with E-state index in [-0.39, 0.29) is 26.3 Å². The maximum absolute atomic E-state index is 13.0. The molecule has 0 aliphatic heterocycles. The number of ether oxygens (including phenoxy) is 1. The summed E-state index contributed by atoms with van der Waals surface area (Å²) in [4.78, 5) is 10.7. The highest BCUT2D eigenvalue weighted by Gasteiger charge is 2.25. The van der Waals surface area contributed by atoms with Gasteiger partial charge in [-0.2, -0.15) is 0 Å². The first-order valence-corrected chi connectivity index (χ1v) is 8.72. The average molecular weight is 386 g/mol. The Hall–Kier alpha value is -2.22. The molecule has 3 rings (SSSR count). The molecular formula is C15H9Cl2NO5S. The van der Waals surface area contributed by atoms with Crippen LogP contribution in [0.15, 0.2) is 53.4 Å². The van der Waals surface area contributed by atoms with Crippen molar-refractivity contribution >= 4 is 50.3 Å². The highest BCUT2D eigenvalue weighted by atomic mass is 35.5. The lowest BCUT2D eigenvalue weighted by Gasteiger charge is -2.11. The Balaban J connectivity index is 2.30. The molecule has 0 saturated carbocycles. The van der Waals surface area contributed by atoms with Gasteiger partial charge in [0.15, 0.2) is 0 Å². The molecule has 0 saturated heterocycles. The molecule has 2 aromatic carbocycles. The van der Waals surface area contributed by atoms with Gasteiger partial charge in [0.1, 0.15) is 0 Å². The Bertz CT molecular complexity index is 1060. The molecule has 0 unspecified atom stereocenters. The van der Waals surface area contributed by atoms with Gasteiger partial charge in [0.25, 0.3) is 10.0 Å². The normalized spacial score (nSPS) is 11.6. The number of hydrogen-bond donors (Lipinski definition) is 1. The van der Waals surface area contributed by atoms with E-state index in [1.807, 2.05) is 0 Å². The molecule has 0 fully saturated rings. The van der Waals surface area contributed by atoms with Gasteiger partial charge in [0, 0.05) is 11.5 Å². The number of carboxylic acid groups (broad SMARTS) is 1. The first-order chi connectivity index (χ1) is 11.3. The summed E-state index contributed by atoms with van der Waals surface area (Å²) < 4.78 is 31.4. The minimum Gasteiger partial charge on any atom is -0.449 e. The van der Waals surface area contributed by atoms with Gasteiger partial charge < -0.3 is 9.84 Å². The van der Waals surface area contributed by atoms with Crippen LogP contribution in [0.5, 0.6) is 5.88 Å². The number of benzene rings is 2. The van der Waals surface area contributed by atoms with Gasteiger partial charge >= 0.3 is 6.16 Å². The minimum atomic E-state index is -4.15. The standard InChI is InChI=1S/C15H9Cl2NO5S/c16-11-6-5-10(8-12(11)17)24(21,22)18-13-4-2-1-3-9(13)7-14(18)23-15(19)20/h1-8H,(H,19,20). The maximum atomic E-state index is 13.0. The molecule has 9 heteroatoms. The van der Waals surface area contributed by atoms with E-state index in [2.05, 4.69) is 4.74 Å².